The van der Waals surface area contributed by atoms with Crippen LogP contribution < -0.4 is 0 Å². The third kappa shape index (κ3) is 1.99. The lowest BCUT2D eigenvalue weighted by Gasteiger charge is -2.13. The zero-order chi connectivity index (χ0) is 11.7. The highest BCUT2D eigenvalue weighted by atomic mass is 35.5. The van der Waals surface area contributed by atoms with Crippen LogP contribution in [0.15, 0.2) is 34.9 Å². The van der Waals surface area contributed by atoms with E-state index in [9.17, 15) is 5.11 Å². The van der Waals surface area contributed by atoms with Crippen molar-refractivity contribution in [1.82, 2.24) is 0 Å². The number of aliphatic hydroxyl groups is 1. The molecule has 0 saturated heterocycles. The van der Waals surface area contributed by atoms with Gasteiger partial charge in [0, 0.05) is 5.56 Å². The van der Waals surface area contributed by atoms with Gasteiger partial charge in [0.25, 0.3) is 0 Å². The van der Waals surface area contributed by atoms with Crippen LogP contribution in [0, 0.1) is 13.8 Å². The molecular formula is C13H13ClO2. The predicted octanol–water partition coefficient (Wildman–Crippen LogP) is 3.63. The van der Waals surface area contributed by atoms with Crippen LogP contribution >= 0.6 is 11.6 Å². The Labute approximate surface area is 99.5 Å². The van der Waals surface area contributed by atoms with Gasteiger partial charge in [-0.2, -0.15) is 0 Å². The quantitative estimate of drug-likeness (QED) is 0.864. The van der Waals surface area contributed by atoms with Crippen molar-refractivity contribution in [3.63, 3.8) is 0 Å². The van der Waals surface area contributed by atoms with Gasteiger partial charge in [0.1, 0.15) is 6.10 Å². The molecular weight excluding hydrogens is 224 g/mol. The van der Waals surface area contributed by atoms with Crippen LogP contribution in [0.3, 0.4) is 0 Å². The van der Waals surface area contributed by atoms with Crippen LogP contribution in [0.1, 0.15) is 28.4 Å². The van der Waals surface area contributed by atoms with Gasteiger partial charge in [0.15, 0.2) is 5.22 Å². The van der Waals surface area contributed by atoms with E-state index in [1.165, 1.54) is 6.26 Å². The molecule has 0 saturated carbocycles. The van der Waals surface area contributed by atoms with E-state index in [1.54, 1.807) is 6.07 Å². The monoisotopic (exact) mass is 236 g/mol. The van der Waals surface area contributed by atoms with Crippen molar-refractivity contribution in [3.05, 3.63) is 58.0 Å². The van der Waals surface area contributed by atoms with Crippen molar-refractivity contribution in [2.75, 3.05) is 0 Å². The number of aryl methyl sites for hydroxylation is 2. The second-order valence-corrected chi connectivity index (χ2v) is 4.26. The number of hydrogen-bond donors (Lipinski definition) is 1. The Balaban J connectivity index is 2.45. The van der Waals surface area contributed by atoms with E-state index in [2.05, 4.69) is 0 Å². The summed E-state index contributed by atoms with van der Waals surface area (Å²) in [4.78, 5) is 0. The first kappa shape index (κ1) is 11.2. The third-order valence-electron chi connectivity index (χ3n) is 2.67. The largest absolute Gasteiger partial charge is 0.453 e. The molecule has 1 atom stereocenters. The average molecular weight is 237 g/mol. The molecule has 0 aliphatic heterocycles. The van der Waals surface area contributed by atoms with E-state index in [-0.39, 0.29) is 5.22 Å². The van der Waals surface area contributed by atoms with E-state index in [4.69, 9.17) is 16.0 Å². The Bertz CT molecular complexity index is 502. The van der Waals surface area contributed by atoms with Crippen molar-refractivity contribution >= 4 is 11.6 Å². The van der Waals surface area contributed by atoms with Gasteiger partial charge in [-0.1, -0.05) is 23.8 Å². The number of benzene rings is 1. The molecule has 1 aromatic carbocycles. The molecule has 0 radical (unpaired) electrons. The van der Waals surface area contributed by atoms with E-state index in [0.717, 1.165) is 16.7 Å². The first-order chi connectivity index (χ1) is 7.59. The molecule has 0 amide bonds. The maximum atomic E-state index is 10.2. The Morgan fingerprint density at radius 2 is 1.94 bits per heavy atom. The van der Waals surface area contributed by atoms with Gasteiger partial charge < -0.3 is 9.52 Å². The van der Waals surface area contributed by atoms with Crippen molar-refractivity contribution in [1.29, 1.82) is 0 Å². The smallest absolute Gasteiger partial charge is 0.199 e. The Morgan fingerprint density at radius 1 is 1.19 bits per heavy atom. The predicted molar refractivity (Wildman–Crippen MR) is 63.7 cm³/mol. The van der Waals surface area contributed by atoms with Gasteiger partial charge in [0.05, 0.1) is 6.26 Å². The molecule has 84 valence electrons. The summed E-state index contributed by atoms with van der Waals surface area (Å²) in [5.41, 5.74) is 3.62. The van der Waals surface area contributed by atoms with E-state index >= 15 is 0 Å². The maximum Gasteiger partial charge on any atom is 0.199 e. The van der Waals surface area contributed by atoms with Crippen molar-refractivity contribution in [2.45, 2.75) is 20.0 Å². The van der Waals surface area contributed by atoms with Crippen molar-refractivity contribution < 1.29 is 9.52 Å². The zero-order valence-corrected chi connectivity index (χ0v) is 9.95. The Kier molecular flexibility index (Phi) is 3.03. The number of rotatable bonds is 2. The summed E-state index contributed by atoms with van der Waals surface area (Å²) in [5, 5.41) is 10.5. The van der Waals surface area contributed by atoms with Crippen LogP contribution in [0.25, 0.3) is 0 Å². The number of aliphatic hydroxyl groups excluding tert-OH is 1. The first-order valence-electron chi connectivity index (χ1n) is 5.07. The summed E-state index contributed by atoms with van der Waals surface area (Å²) in [6.07, 6.45) is 0.748. The molecule has 0 aliphatic rings. The van der Waals surface area contributed by atoms with Gasteiger partial charge in [-0.25, -0.2) is 0 Å². The van der Waals surface area contributed by atoms with Gasteiger partial charge in [-0.15, -0.1) is 0 Å². The molecule has 0 spiro atoms. The molecule has 1 unspecified atom stereocenters. The van der Waals surface area contributed by atoms with Gasteiger partial charge in [-0.05, 0) is 42.6 Å². The van der Waals surface area contributed by atoms with Crippen LogP contribution in [-0.4, -0.2) is 5.11 Å². The standard InChI is InChI=1S/C13H13ClO2/c1-8-3-4-9(2)11(7-8)12(15)10-5-6-16-13(10)14/h3-7,12,15H,1-2H3. The highest BCUT2D eigenvalue weighted by Gasteiger charge is 2.17. The summed E-state index contributed by atoms with van der Waals surface area (Å²) >= 11 is 5.85. The molecule has 0 bridgehead atoms. The normalized spacial score (nSPS) is 12.8. The minimum atomic E-state index is -0.730. The summed E-state index contributed by atoms with van der Waals surface area (Å²) < 4.78 is 4.98. The fourth-order valence-corrected chi connectivity index (χ4v) is 1.94. The fraction of sp³-hybridized carbons (Fsp3) is 0.231. The van der Waals surface area contributed by atoms with Crippen LogP contribution in [0.5, 0.6) is 0 Å². The molecule has 0 aliphatic carbocycles. The molecule has 1 heterocycles. The molecule has 16 heavy (non-hydrogen) atoms. The second kappa shape index (κ2) is 4.32. The average Bonchev–Trinajstić information content (AvgIpc) is 2.67. The van der Waals surface area contributed by atoms with Gasteiger partial charge in [0.2, 0.25) is 0 Å². The van der Waals surface area contributed by atoms with Crippen molar-refractivity contribution in [3.8, 4) is 0 Å². The van der Waals surface area contributed by atoms with Gasteiger partial charge >= 0.3 is 0 Å². The van der Waals surface area contributed by atoms with E-state index < -0.39 is 6.10 Å². The highest BCUT2D eigenvalue weighted by Crippen LogP contribution is 2.31. The minimum Gasteiger partial charge on any atom is -0.453 e. The van der Waals surface area contributed by atoms with Crippen molar-refractivity contribution in [2.24, 2.45) is 0 Å². The number of furan rings is 1. The lowest BCUT2D eigenvalue weighted by Crippen LogP contribution is -2.01. The summed E-state index contributed by atoms with van der Waals surface area (Å²) in [6.45, 7) is 3.96. The Morgan fingerprint density at radius 3 is 2.56 bits per heavy atom. The summed E-state index contributed by atoms with van der Waals surface area (Å²) in [5.74, 6) is 0. The van der Waals surface area contributed by atoms with Gasteiger partial charge in [-0.3, -0.25) is 0 Å². The Hall–Kier alpha value is -1.25. The molecule has 3 heteroatoms. The maximum absolute atomic E-state index is 10.2. The summed E-state index contributed by atoms with van der Waals surface area (Å²) in [7, 11) is 0. The molecule has 2 aromatic rings. The van der Waals surface area contributed by atoms with E-state index in [1.807, 2.05) is 32.0 Å². The molecule has 2 rings (SSSR count). The second-order valence-electron chi connectivity index (χ2n) is 3.91. The third-order valence-corrected chi connectivity index (χ3v) is 2.98. The molecule has 1 N–H and O–H groups in total. The molecule has 1 aromatic heterocycles. The highest BCUT2D eigenvalue weighted by molar-refractivity contribution is 6.29. The fourth-order valence-electron chi connectivity index (χ4n) is 1.72. The molecule has 0 fully saturated rings. The number of halogens is 1. The summed E-state index contributed by atoms with van der Waals surface area (Å²) in [6, 6.07) is 7.66. The first-order valence-corrected chi connectivity index (χ1v) is 5.45. The lowest BCUT2D eigenvalue weighted by molar-refractivity contribution is 0.218. The van der Waals surface area contributed by atoms with Crippen LogP contribution in [-0.2, 0) is 0 Å². The van der Waals surface area contributed by atoms with Crippen LogP contribution in [0.4, 0.5) is 0 Å². The van der Waals surface area contributed by atoms with E-state index in [0.29, 0.717) is 5.56 Å². The zero-order valence-electron chi connectivity index (χ0n) is 9.20. The number of hydrogen-bond acceptors (Lipinski definition) is 2. The minimum absolute atomic E-state index is 0.244. The van der Waals surface area contributed by atoms with Crippen LogP contribution in [0.2, 0.25) is 5.22 Å². The topological polar surface area (TPSA) is 33.4 Å². The molecule has 2 nitrogen and oxygen atoms in total. The SMILES string of the molecule is Cc1ccc(C)c(C(O)c2ccoc2Cl)c1. The lowest BCUT2D eigenvalue weighted by atomic mass is 9.97.